The average Bonchev–Trinajstić information content (AvgIpc) is 3.13. The molecule has 0 spiro atoms. The van der Waals surface area contributed by atoms with Crippen molar-refractivity contribution in [2.24, 2.45) is 0 Å². The van der Waals surface area contributed by atoms with Gasteiger partial charge in [0.1, 0.15) is 11.6 Å². The van der Waals surface area contributed by atoms with Gasteiger partial charge in [0.2, 0.25) is 0 Å². The highest BCUT2D eigenvalue weighted by Gasteiger charge is 2.16. The maximum Gasteiger partial charge on any atom is 0.256 e. The first-order valence-electron chi connectivity index (χ1n) is 6.89. The molecule has 0 atom stereocenters. The third-order valence-electron chi connectivity index (χ3n) is 3.47. The Balaban J connectivity index is 1.61. The first-order valence-corrected chi connectivity index (χ1v) is 6.89. The molecule has 20 heavy (non-hydrogen) atoms. The van der Waals surface area contributed by atoms with Gasteiger partial charge in [-0.3, -0.25) is 9.89 Å². The number of H-pyrrole nitrogens is 1. The van der Waals surface area contributed by atoms with Crippen molar-refractivity contribution >= 4 is 11.7 Å². The fourth-order valence-corrected chi connectivity index (χ4v) is 2.40. The highest BCUT2D eigenvalue weighted by molar-refractivity contribution is 6.03. The summed E-state index contributed by atoms with van der Waals surface area (Å²) < 4.78 is 5.87. The molecule has 5 heteroatoms. The van der Waals surface area contributed by atoms with E-state index >= 15 is 0 Å². The lowest BCUT2D eigenvalue weighted by molar-refractivity contribution is 0.102. The molecule has 0 radical (unpaired) electrons. The van der Waals surface area contributed by atoms with Gasteiger partial charge in [0.25, 0.3) is 5.91 Å². The molecule has 1 heterocycles. The van der Waals surface area contributed by atoms with E-state index in [1.807, 2.05) is 12.1 Å². The number of hydrogen-bond donors (Lipinski definition) is 2. The maximum atomic E-state index is 12.0. The Labute approximate surface area is 117 Å². The van der Waals surface area contributed by atoms with Crippen LogP contribution in [0.3, 0.4) is 0 Å². The average molecular weight is 271 g/mol. The first-order chi connectivity index (χ1) is 9.81. The SMILES string of the molecule is O=C(Nc1ccn[nH]1)c1ccc(OC2CCCC2)cc1. The summed E-state index contributed by atoms with van der Waals surface area (Å²) in [5, 5.41) is 9.20. The molecule has 2 N–H and O–H groups in total. The quantitative estimate of drug-likeness (QED) is 0.898. The van der Waals surface area contributed by atoms with Gasteiger partial charge in [0, 0.05) is 11.6 Å². The molecule has 104 valence electrons. The number of ether oxygens (including phenoxy) is 1. The lowest BCUT2D eigenvalue weighted by Crippen LogP contribution is -2.13. The van der Waals surface area contributed by atoms with Crippen molar-refractivity contribution < 1.29 is 9.53 Å². The zero-order valence-corrected chi connectivity index (χ0v) is 11.1. The lowest BCUT2D eigenvalue weighted by atomic mass is 10.2. The standard InChI is InChI=1S/C15H17N3O2/c19-15(17-14-9-10-16-18-14)11-5-7-13(8-6-11)20-12-3-1-2-4-12/h5-10,12H,1-4H2,(H2,16,17,18,19). The van der Waals surface area contributed by atoms with Crippen molar-refractivity contribution in [1.82, 2.24) is 10.2 Å². The van der Waals surface area contributed by atoms with Gasteiger partial charge in [-0.05, 0) is 49.9 Å². The number of nitrogens with one attached hydrogen (secondary N) is 2. The molecule has 1 aromatic heterocycles. The van der Waals surface area contributed by atoms with Gasteiger partial charge in [-0.25, -0.2) is 0 Å². The Hall–Kier alpha value is -2.30. The van der Waals surface area contributed by atoms with Crippen LogP contribution in [0.2, 0.25) is 0 Å². The van der Waals surface area contributed by atoms with Crippen molar-refractivity contribution in [3.05, 3.63) is 42.1 Å². The number of rotatable bonds is 4. The van der Waals surface area contributed by atoms with E-state index in [2.05, 4.69) is 15.5 Å². The van der Waals surface area contributed by atoms with E-state index in [9.17, 15) is 4.79 Å². The van der Waals surface area contributed by atoms with E-state index < -0.39 is 0 Å². The smallest absolute Gasteiger partial charge is 0.256 e. The van der Waals surface area contributed by atoms with E-state index in [1.54, 1.807) is 24.4 Å². The van der Waals surface area contributed by atoms with Crippen LogP contribution >= 0.6 is 0 Å². The molecular weight excluding hydrogens is 254 g/mol. The fourth-order valence-electron chi connectivity index (χ4n) is 2.40. The van der Waals surface area contributed by atoms with Crippen LogP contribution in [-0.4, -0.2) is 22.2 Å². The normalized spacial score (nSPS) is 15.2. The Bertz CT molecular complexity index is 557. The highest BCUT2D eigenvalue weighted by atomic mass is 16.5. The monoisotopic (exact) mass is 271 g/mol. The summed E-state index contributed by atoms with van der Waals surface area (Å²) in [5.74, 6) is 1.25. The van der Waals surface area contributed by atoms with Crippen LogP contribution in [0, 0.1) is 0 Å². The van der Waals surface area contributed by atoms with Crippen LogP contribution in [-0.2, 0) is 0 Å². The van der Waals surface area contributed by atoms with Gasteiger partial charge in [-0.2, -0.15) is 5.10 Å². The summed E-state index contributed by atoms with van der Waals surface area (Å²) >= 11 is 0. The molecule has 1 amide bonds. The van der Waals surface area contributed by atoms with Crippen LogP contribution < -0.4 is 10.1 Å². The summed E-state index contributed by atoms with van der Waals surface area (Å²) in [7, 11) is 0. The molecule has 1 aliphatic carbocycles. The van der Waals surface area contributed by atoms with Gasteiger partial charge in [-0.1, -0.05) is 0 Å². The molecule has 1 fully saturated rings. The molecule has 0 saturated heterocycles. The van der Waals surface area contributed by atoms with E-state index in [0.717, 1.165) is 18.6 Å². The minimum atomic E-state index is -0.165. The van der Waals surface area contributed by atoms with E-state index in [4.69, 9.17) is 4.74 Å². The highest BCUT2D eigenvalue weighted by Crippen LogP contribution is 2.24. The van der Waals surface area contributed by atoms with Crippen molar-refractivity contribution in [3.8, 4) is 5.75 Å². The minimum absolute atomic E-state index is 0.165. The third kappa shape index (κ3) is 2.99. The second-order valence-corrected chi connectivity index (χ2v) is 4.97. The third-order valence-corrected chi connectivity index (χ3v) is 3.47. The van der Waals surface area contributed by atoms with Crippen molar-refractivity contribution in [3.63, 3.8) is 0 Å². The van der Waals surface area contributed by atoms with Gasteiger partial charge in [0.05, 0.1) is 12.3 Å². The Morgan fingerprint density at radius 3 is 2.60 bits per heavy atom. The fraction of sp³-hybridized carbons (Fsp3) is 0.333. The molecular formula is C15H17N3O2. The number of benzene rings is 1. The second kappa shape index (κ2) is 5.77. The Morgan fingerprint density at radius 2 is 1.95 bits per heavy atom. The maximum absolute atomic E-state index is 12.0. The van der Waals surface area contributed by atoms with Crippen LogP contribution in [0.4, 0.5) is 5.82 Å². The molecule has 0 unspecified atom stereocenters. The van der Waals surface area contributed by atoms with Gasteiger partial charge >= 0.3 is 0 Å². The largest absolute Gasteiger partial charge is 0.490 e. The zero-order chi connectivity index (χ0) is 13.8. The number of nitrogens with zero attached hydrogens (tertiary/aromatic N) is 1. The van der Waals surface area contributed by atoms with E-state index in [-0.39, 0.29) is 5.91 Å². The molecule has 3 rings (SSSR count). The summed E-state index contributed by atoms with van der Waals surface area (Å²) in [6, 6.07) is 8.95. The van der Waals surface area contributed by atoms with Crippen molar-refractivity contribution in [2.75, 3.05) is 5.32 Å². The summed E-state index contributed by atoms with van der Waals surface area (Å²) in [4.78, 5) is 12.0. The van der Waals surface area contributed by atoms with Gasteiger partial charge in [0.15, 0.2) is 0 Å². The van der Waals surface area contributed by atoms with Crippen LogP contribution in [0.1, 0.15) is 36.0 Å². The lowest BCUT2D eigenvalue weighted by Gasteiger charge is -2.13. The number of aromatic amines is 1. The predicted octanol–water partition coefficient (Wildman–Crippen LogP) is 2.98. The molecule has 1 aromatic carbocycles. The summed E-state index contributed by atoms with van der Waals surface area (Å²) in [5.41, 5.74) is 0.596. The number of carbonyl (C=O) groups excluding carboxylic acids is 1. The van der Waals surface area contributed by atoms with Gasteiger partial charge < -0.3 is 10.1 Å². The Kier molecular flexibility index (Phi) is 3.67. The molecule has 0 aliphatic heterocycles. The number of anilines is 1. The number of amides is 1. The number of carbonyl (C=O) groups is 1. The summed E-state index contributed by atoms with van der Waals surface area (Å²) in [6.45, 7) is 0. The van der Waals surface area contributed by atoms with Gasteiger partial charge in [-0.15, -0.1) is 0 Å². The molecule has 0 bridgehead atoms. The number of aromatic nitrogens is 2. The topological polar surface area (TPSA) is 67.0 Å². The molecule has 1 aliphatic rings. The van der Waals surface area contributed by atoms with E-state index in [1.165, 1.54) is 12.8 Å². The zero-order valence-electron chi connectivity index (χ0n) is 11.1. The molecule has 2 aromatic rings. The summed E-state index contributed by atoms with van der Waals surface area (Å²) in [6.07, 6.45) is 6.67. The Morgan fingerprint density at radius 1 is 1.20 bits per heavy atom. The predicted molar refractivity (Wildman–Crippen MR) is 75.9 cm³/mol. The van der Waals surface area contributed by atoms with Crippen LogP contribution in [0.15, 0.2) is 36.5 Å². The van der Waals surface area contributed by atoms with Crippen LogP contribution in [0.5, 0.6) is 5.75 Å². The minimum Gasteiger partial charge on any atom is -0.490 e. The molecule has 5 nitrogen and oxygen atoms in total. The first kappa shape index (κ1) is 12.7. The second-order valence-electron chi connectivity index (χ2n) is 4.97. The molecule has 1 saturated carbocycles. The number of hydrogen-bond acceptors (Lipinski definition) is 3. The van der Waals surface area contributed by atoms with Crippen LogP contribution in [0.25, 0.3) is 0 Å². The van der Waals surface area contributed by atoms with Crippen molar-refractivity contribution in [2.45, 2.75) is 31.8 Å². The van der Waals surface area contributed by atoms with Crippen molar-refractivity contribution in [1.29, 1.82) is 0 Å². The van der Waals surface area contributed by atoms with E-state index in [0.29, 0.717) is 17.5 Å².